The highest BCUT2D eigenvalue weighted by Gasteiger charge is 2.40. The van der Waals surface area contributed by atoms with Crippen molar-refractivity contribution in [3.05, 3.63) is 34.9 Å². The van der Waals surface area contributed by atoms with Gasteiger partial charge in [0.1, 0.15) is 6.04 Å². The van der Waals surface area contributed by atoms with Crippen LogP contribution in [0.25, 0.3) is 0 Å². The molecule has 0 spiro atoms. The Bertz CT molecular complexity index is 907. The van der Waals surface area contributed by atoms with E-state index < -0.39 is 6.04 Å². The van der Waals surface area contributed by atoms with E-state index in [-0.39, 0.29) is 24.1 Å². The van der Waals surface area contributed by atoms with E-state index in [9.17, 15) is 14.4 Å². The van der Waals surface area contributed by atoms with Gasteiger partial charge in [0.15, 0.2) is 0 Å². The highest BCUT2D eigenvalue weighted by atomic mass is 16.2. The van der Waals surface area contributed by atoms with Gasteiger partial charge in [-0.15, -0.1) is 0 Å². The predicted octanol–water partition coefficient (Wildman–Crippen LogP) is 2.94. The maximum absolute atomic E-state index is 12.9. The molecular weight excluding hydrogens is 390 g/mol. The molecule has 2 aliphatic carbocycles. The quantitative estimate of drug-likeness (QED) is 0.690. The van der Waals surface area contributed by atoms with Crippen molar-refractivity contribution in [3.8, 4) is 0 Å². The van der Waals surface area contributed by atoms with Crippen LogP contribution < -0.4 is 10.6 Å². The van der Waals surface area contributed by atoms with Crippen LogP contribution in [0.1, 0.15) is 79.8 Å². The summed E-state index contributed by atoms with van der Waals surface area (Å²) in [4.78, 5) is 38.3. The molecule has 3 fully saturated rings. The molecule has 1 aromatic carbocycles. The van der Waals surface area contributed by atoms with Crippen LogP contribution >= 0.6 is 0 Å². The monoisotopic (exact) mass is 423 g/mol. The zero-order valence-corrected chi connectivity index (χ0v) is 18.4. The van der Waals surface area contributed by atoms with Crippen molar-refractivity contribution in [1.82, 2.24) is 15.5 Å². The average Bonchev–Trinajstić information content (AvgIpc) is 3.40. The minimum absolute atomic E-state index is 0.0917. The number of hydrogen-bond acceptors (Lipinski definition) is 4. The summed E-state index contributed by atoms with van der Waals surface area (Å²) in [6, 6.07) is 6.25. The SMILES string of the molecule is CC1(CN[C@H]2CCCC[C@@H]2Cc2ccc3c(c2)CN(C2CCC(=O)NC2=O)C3=O)CC1. The highest BCUT2D eigenvalue weighted by Crippen LogP contribution is 2.44. The van der Waals surface area contributed by atoms with Gasteiger partial charge in [0.25, 0.3) is 5.91 Å². The first-order valence-corrected chi connectivity index (χ1v) is 11.9. The van der Waals surface area contributed by atoms with Gasteiger partial charge in [-0.25, -0.2) is 0 Å². The largest absolute Gasteiger partial charge is 0.322 e. The van der Waals surface area contributed by atoms with Crippen LogP contribution in [0.2, 0.25) is 0 Å². The predicted molar refractivity (Wildman–Crippen MR) is 117 cm³/mol. The number of amides is 3. The van der Waals surface area contributed by atoms with Crippen molar-refractivity contribution in [1.29, 1.82) is 0 Å². The van der Waals surface area contributed by atoms with E-state index in [1.165, 1.54) is 44.1 Å². The van der Waals surface area contributed by atoms with Crippen molar-refractivity contribution in [2.75, 3.05) is 6.54 Å². The van der Waals surface area contributed by atoms with E-state index in [4.69, 9.17) is 0 Å². The molecule has 2 aliphatic heterocycles. The van der Waals surface area contributed by atoms with Crippen LogP contribution in [0, 0.1) is 11.3 Å². The van der Waals surface area contributed by atoms with E-state index in [1.54, 1.807) is 4.90 Å². The molecular formula is C25H33N3O3. The number of nitrogens with one attached hydrogen (secondary N) is 2. The Morgan fingerprint density at radius 3 is 2.71 bits per heavy atom. The van der Waals surface area contributed by atoms with E-state index in [0.29, 0.717) is 35.9 Å². The molecule has 3 amide bonds. The van der Waals surface area contributed by atoms with E-state index in [0.717, 1.165) is 18.5 Å². The Balaban J connectivity index is 1.26. The zero-order valence-electron chi connectivity index (χ0n) is 18.4. The van der Waals surface area contributed by atoms with Crippen LogP contribution in [0.4, 0.5) is 0 Å². The minimum atomic E-state index is -0.545. The number of carbonyl (C=O) groups excluding carboxylic acids is 3. The van der Waals surface area contributed by atoms with E-state index in [1.807, 2.05) is 6.07 Å². The Labute approximate surface area is 184 Å². The number of hydrogen-bond donors (Lipinski definition) is 2. The van der Waals surface area contributed by atoms with Crippen molar-refractivity contribution in [2.45, 2.75) is 83.3 Å². The van der Waals surface area contributed by atoms with Gasteiger partial charge in [-0.1, -0.05) is 31.9 Å². The molecule has 6 nitrogen and oxygen atoms in total. The standard InChI is InChI=1S/C25H33N3O3/c1-25(10-11-25)15-26-20-5-3-2-4-17(20)12-16-6-7-19-18(13-16)14-28(24(19)31)21-8-9-22(29)27-23(21)30/h6-7,13,17,20-21,26H,2-5,8-12,14-15H2,1H3,(H,27,29,30)/t17-,20+,21?/m1/s1. The molecule has 6 heteroatoms. The first kappa shape index (κ1) is 20.7. The Kier molecular flexibility index (Phi) is 5.37. The summed E-state index contributed by atoms with van der Waals surface area (Å²) in [6.45, 7) is 3.97. The first-order valence-electron chi connectivity index (χ1n) is 11.9. The van der Waals surface area contributed by atoms with Crippen molar-refractivity contribution in [3.63, 3.8) is 0 Å². The highest BCUT2D eigenvalue weighted by molar-refractivity contribution is 6.05. The third-order valence-corrected chi connectivity index (χ3v) is 7.89. The number of fused-ring (bicyclic) bond motifs is 1. The van der Waals surface area contributed by atoms with Crippen LogP contribution in [0.5, 0.6) is 0 Å². The molecule has 1 saturated heterocycles. The molecule has 1 unspecified atom stereocenters. The first-order chi connectivity index (χ1) is 14.9. The molecule has 2 saturated carbocycles. The smallest absolute Gasteiger partial charge is 0.255 e. The summed E-state index contributed by atoms with van der Waals surface area (Å²) in [7, 11) is 0. The van der Waals surface area contributed by atoms with Crippen molar-refractivity contribution < 1.29 is 14.4 Å². The molecule has 2 N–H and O–H groups in total. The molecule has 166 valence electrons. The molecule has 5 rings (SSSR count). The fraction of sp³-hybridized carbons (Fsp3) is 0.640. The van der Waals surface area contributed by atoms with E-state index >= 15 is 0 Å². The van der Waals surface area contributed by atoms with Gasteiger partial charge in [-0.3, -0.25) is 19.7 Å². The number of imide groups is 1. The third-order valence-electron chi connectivity index (χ3n) is 7.89. The van der Waals surface area contributed by atoms with Crippen LogP contribution in [-0.4, -0.2) is 41.2 Å². The van der Waals surface area contributed by atoms with Crippen LogP contribution in [-0.2, 0) is 22.6 Å². The van der Waals surface area contributed by atoms with Gasteiger partial charge in [0, 0.05) is 31.1 Å². The molecule has 31 heavy (non-hydrogen) atoms. The Morgan fingerprint density at radius 1 is 1.13 bits per heavy atom. The second-order valence-corrected chi connectivity index (χ2v) is 10.4. The normalized spacial score (nSPS) is 29.6. The third kappa shape index (κ3) is 4.27. The van der Waals surface area contributed by atoms with Gasteiger partial charge in [-0.2, -0.15) is 0 Å². The van der Waals surface area contributed by atoms with Gasteiger partial charge in [-0.05, 0) is 67.1 Å². The van der Waals surface area contributed by atoms with Crippen LogP contribution in [0.15, 0.2) is 18.2 Å². The summed E-state index contributed by atoms with van der Waals surface area (Å²) in [5.74, 6) is -0.0550. The van der Waals surface area contributed by atoms with Crippen molar-refractivity contribution >= 4 is 17.7 Å². The van der Waals surface area contributed by atoms with Gasteiger partial charge >= 0.3 is 0 Å². The minimum Gasteiger partial charge on any atom is -0.322 e. The Hall–Kier alpha value is -2.21. The van der Waals surface area contributed by atoms with Crippen LogP contribution in [0.3, 0.4) is 0 Å². The maximum atomic E-state index is 12.9. The summed E-state index contributed by atoms with van der Waals surface area (Å²) in [6.07, 6.45) is 9.55. The van der Waals surface area contributed by atoms with Gasteiger partial charge in [0.05, 0.1) is 0 Å². The number of piperidine rings is 1. The number of rotatable bonds is 6. The molecule has 1 aromatic rings. The average molecular weight is 424 g/mol. The van der Waals surface area contributed by atoms with Gasteiger partial charge in [0.2, 0.25) is 11.8 Å². The molecule has 3 atom stereocenters. The maximum Gasteiger partial charge on any atom is 0.255 e. The summed E-state index contributed by atoms with van der Waals surface area (Å²) >= 11 is 0. The lowest BCUT2D eigenvalue weighted by molar-refractivity contribution is -0.136. The van der Waals surface area contributed by atoms with Gasteiger partial charge < -0.3 is 10.2 Å². The second-order valence-electron chi connectivity index (χ2n) is 10.4. The molecule has 0 radical (unpaired) electrons. The summed E-state index contributed by atoms with van der Waals surface area (Å²) in [5, 5.41) is 6.25. The second kappa shape index (κ2) is 8.05. The molecule has 0 aromatic heterocycles. The molecule has 4 aliphatic rings. The summed E-state index contributed by atoms with van der Waals surface area (Å²) < 4.78 is 0. The zero-order chi connectivity index (χ0) is 21.6. The topological polar surface area (TPSA) is 78.5 Å². The Morgan fingerprint density at radius 2 is 1.94 bits per heavy atom. The summed E-state index contributed by atoms with van der Waals surface area (Å²) in [5.41, 5.74) is 3.52. The fourth-order valence-electron chi connectivity index (χ4n) is 5.55. The fourth-order valence-corrected chi connectivity index (χ4v) is 5.55. The molecule has 2 heterocycles. The van der Waals surface area contributed by atoms with Crippen molar-refractivity contribution in [2.24, 2.45) is 11.3 Å². The molecule has 0 bridgehead atoms. The lowest BCUT2D eigenvalue weighted by Gasteiger charge is -2.33. The lowest BCUT2D eigenvalue weighted by Crippen LogP contribution is -2.52. The number of carbonyl (C=O) groups is 3. The van der Waals surface area contributed by atoms with E-state index in [2.05, 4.69) is 29.7 Å². The number of nitrogens with zero attached hydrogens (tertiary/aromatic N) is 1. The number of benzene rings is 1. The lowest BCUT2D eigenvalue weighted by atomic mass is 9.80.